The zero-order chi connectivity index (χ0) is 68.0. The predicted octanol–water partition coefficient (Wildman–Crippen LogP) is -1.69. The molecule has 1 aliphatic heterocycles. The van der Waals surface area contributed by atoms with Crippen LogP contribution in [0, 0.1) is 5.92 Å². The number of likely N-dealkylation sites (tertiary alicyclic amines) is 1. The Bertz CT molecular complexity index is 3210. The highest BCUT2D eigenvalue weighted by Crippen LogP contribution is 2.22. The number of carboxylic acid groups (broad SMARTS) is 1. The topological polar surface area (TPSA) is 506 Å². The number of aliphatic hydroxyl groups excluding tert-OH is 1. The van der Waals surface area contributed by atoms with E-state index >= 15 is 0 Å². The number of aromatic nitrogens is 1. The van der Waals surface area contributed by atoms with Crippen LogP contribution in [-0.2, 0) is 76.9 Å². The summed E-state index contributed by atoms with van der Waals surface area (Å²) in [7, 11) is 0. The Kier molecular flexibility index (Phi) is 30.3. The number of aromatic amines is 1. The van der Waals surface area contributed by atoms with Crippen LogP contribution in [0.5, 0.6) is 5.75 Å². The van der Waals surface area contributed by atoms with E-state index in [2.05, 4.69) is 52.5 Å². The van der Waals surface area contributed by atoms with Crippen LogP contribution in [0.2, 0.25) is 0 Å². The number of likely N-dealkylation sites (N-methyl/N-ethyl adjacent to an activating group) is 1. The number of ether oxygens (including phenoxy) is 1. The molecule has 31 nitrogen and oxygen atoms in total. The van der Waals surface area contributed by atoms with E-state index in [0.717, 1.165) is 6.92 Å². The van der Waals surface area contributed by atoms with E-state index in [-0.39, 0.29) is 88.2 Å². The van der Waals surface area contributed by atoms with Gasteiger partial charge in [0.15, 0.2) is 5.96 Å². The number of guanidine groups is 1. The summed E-state index contributed by atoms with van der Waals surface area (Å²) < 4.78 is 5.31. The zero-order valence-electron chi connectivity index (χ0n) is 51.7. The molecule has 1 aliphatic rings. The summed E-state index contributed by atoms with van der Waals surface area (Å²) in [5, 5.41) is 49.2. The summed E-state index contributed by atoms with van der Waals surface area (Å²) >= 11 is 0. The number of rotatable bonds is 34. The van der Waals surface area contributed by atoms with Crippen molar-refractivity contribution >= 4 is 88.0 Å². The number of amides is 11. The molecule has 1 aromatic heterocycles. The number of hydrogen-bond donors (Lipinski definition) is 16. The summed E-state index contributed by atoms with van der Waals surface area (Å²) in [6, 6.07) is 9.31. The average Bonchev–Trinajstić information content (AvgIpc) is 1.66. The van der Waals surface area contributed by atoms with Crippen LogP contribution in [0.15, 0.2) is 90.1 Å². The third-order valence-corrected chi connectivity index (χ3v) is 14.2. The number of H-pyrrole nitrogens is 1. The van der Waals surface area contributed by atoms with Crippen LogP contribution in [0.4, 0.5) is 4.79 Å². The molecule has 4 aromatic rings. The number of benzene rings is 3. The van der Waals surface area contributed by atoms with Crippen molar-refractivity contribution in [1.29, 1.82) is 0 Å². The van der Waals surface area contributed by atoms with Crippen molar-refractivity contribution in [2.24, 2.45) is 33.8 Å². The van der Waals surface area contributed by atoms with Gasteiger partial charge in [0.1, 0.15) is 60.7 Å². The molecule has 0 radical (unpaired) electrons. The Labute approximate surface area is 530 Å². The lowest BCUT2D eigenvalue weighted by atomic mass is 10.0. The van der Waals surface area contributed by atoms with Crippen LogP contribution in [0.3, 0.4) is 0 Å². The number of nitrogens with zero attached hydrogens (tertiary/aromatic N) is 2. The van der Waals surface area contributed by atoms with Gasteiger partial charge in [-0.2, -0.15) is 0 Å². The number of fused-ring (bicyclic) bond motifs is 1. The fourth-order valence-electron chi connectivity index (χ4n) is 9.77. The number of primary amides is 2. The number of aliphatic hydroxyl groups is 1. The Morgan fingerprint density at radius 1 is 0.663 bits per heavy atom. The van der Waals surface area contributed by atoms with Gasteiger partial charge in [-0.15, -0.1) is 0 Å². The van der Waals surface area contributed by atoms with E-state index < -0.39 is 127 Å². The molecule has 0 aliphatic carbocycles. The van der Waals surface area contributed by atoms with Gasteiger partial charge in [-0.1, -0.05) is 74.5 Å². The second-order valence-corrected chi connectivity index (χ2v) is 22.1. The largest absolute Gasteiger partial charge is 0.508 e. The van der Waals surface area contributed by atoms with Crippen LogP contribution in [0.1, 0.15) is 95.8 Å². The zero-order valence-corrected chi connectivity index (χ0v) is 51.7. The van der Waals surface area contributed by atoms with Gasteiger partial charge in [0, 0.05) is 62.9 Å². The lowest BCUT2D eigenvalue weighted by Crippen LogP contribution is -2.61. The van der Waals surface area contributed by atoms with E-state index in [4.69, 9.17) is 37.6 Å². The van der Waals surface area contributed by atoms with Gasteiger partial charge in [0.05, 0.1) is 13.0 Å². The van der Waals surface area contributed by atoms with Gasteiger partial charge in [-0.3, -0.25) is 57.7 Å². The molecule has 2 heterocycles. The number of alkyl carbamates (subject to hydrolysis) is 1. The number of aliphatic carboxylic acids is 1. The first-order chi connectivity index (χ1) is 43.7. The Balaban J connectivity index is 0.00000438. The van der Waals surface area contributed by atoms with E-state index in [1.54, 1.807) is 81.6 Å². The van der Waals surface area contributed by atoms with Crippen molar-refractivity contribution in [2.75, 3.05) is 26.2 Å². The highest BCUT2D eigenvalue weighted by molar-refractivity contribution is 5.99. The van der Waals surface area contributed by atoms with E-state index in [1.165, 1.54) is 29.2 Å². The third-order valence-electron chi connectivity index (χ3n) is 14.2. The molecule has 5 rings (SSSR count). The standard InChI is InChI=1S/C59H81N15O14.C2H4O2/c1-4-64-56(85)47-17-11-25-74(47)57(86)41(16-10-24-65-58(62)63)67-51(80)42(26-33(2)3)68-54(83)45(29-49(61)78)71-52(81)43(27-34-18-20-37(76)21-19-34)69-55(84)46(31-75)72-53(82)44(28-36-30-66-39-15-9-8-14-38(36)39)70-50(79)40(22-23-48(60)77)73-59(87)88-32-35-12-6-5-7-13-35;1-2(3)4/h5-9,12-15,18-21,30,33,40-47,66,75-76H,4,10-11,16-17,22-29,31-32H2,1-3H3,(H2,60,77)(H2,61,78)(H,64,85)(H,67,80)(H,68,83)(H,69,84)(H,70,79)(H,71,81)(H,72,82)(H,73,87)(H4,62,63,65);1H3,(H,3,4)/t40-,41-,42-,43-,44-,45+,46-,47-;/m0./s1. The Hall–Kier alpha value is -10.3. The molecule has 0 bridgehead atoms. The summed E-state index contributed by atoms with van der Waals surface area (Å²) in [6.45, 7) is 5.72. The maximum absolute atomic E-state index is 14.5. The summed E-state index contributed by atoms with van der Waals surface area (Å²) in [4.78, 5) is 168. The minimum absolute atomic E-state index is 0.0210. The SMILES string of the molecule is CC(=O)O.CCNC(=O)[C@@H]1CCCN1C(=O)[C@H](CCCN=C(N)N)NC(=O)[C@H](CC(C)C)NC(=O)[C@@H](CC(N)=O)NC(=O)[C@H](Cc1ccc(O)cc1)NC(=O)[C@H](CO)NC(=O)[C@H](Cc1c[nH]c2ccccc12)NC(=O)[C@H](CCC(N)=O)NC(=O)OCc1ccccc1. The van der Waals surface area contributed by atoms with Gasteiger partial charge < -0.3 is 95.4 Å². The molecule has 3 aromatic carbocycles. The number of phenolic OH excluding ortho intramolecular Hbond substituents is 1. The predicted molar refractivity (Wildman–Crippen MR) is 334 cm³/mol. The fraction of sp³-hybridized carbons (Fsp3) is 0.459. The molecule has 500 valence electrons. The Morgan fingerprint density at radius 3 is 1.83 bits per heavy atom. The van der Waals surface area contributed by atoms with Crippen molar-refractivity contribution < 1.29 is 77.6 Å². The van der Waals surface area contributed by atoms with E-state index in [9.17, 15) is 63.0 Å². The van der Waals surface area contributed by atoms with Gasteiger partial charge in [-0.25, -0.2) is 4.79 Å². The van der Waals surface area contributed by atoms with Gasteiger partial charge in [-0.05, 0) is 86.3 Å². The number of phenols is 1. The van der Waals surface area contributed by atoms with Crippen LogP contribution in [-0.4, -0.2) is 177 Å². The molecule has 1 saturated heterocycles. The second-order valence-electron chi connectivity index (χ2n) is 22.1. The summed E-state index contributed by atoms with van der Waals surface area (Å²) in [6.07, 6.45) is -0.444. The van der Waals surface area contributed by atoms with Gasteiger partial charge in [0.25, 0.3) is 5.97 Å². The molecule has 11 amide bonds. The molecule has 1 fully saturated rings. The first-order valence-electron chi connectivity index (χ1n) is 29.8. The highest BCUT2D eigenvalue weighted by atomic mass is 16.5. The average molecular weight is 1280 g/mol. The first kappa shape index (κ1) is 74.1. The first-order valence-corrected chi connectivity index (χ1v) is 29.8. The van der Waals surface area contributed by atoms with Crippen LogP contribution < -0.4 is 65.5 Å². The van der Waals surface area contributed by atoms with Crippen LogP contribution in [0.25, 0.3) is 10.9 Å². The van der Waals surface area contributed by atoms with Crippen molar-refractivity contribution in [3.05, 3.63) is 102 Å². The number of para-hydroxylation sites is 1. The van der Waals surface area contributed by atoms with E-state index in [1.807, 2.05) is 0 Å². The monoisotopic (exact) mass is 1280 g/mol. The summed E-state index contributed by atoms with van der Waals surface area (Å²) in [5.41, 5.74) is 24.2. The quantitative estimate of drug-likeness (QED) is 0.0141. The van der Waals surface area contributed by atoms with Crippen molar-refractivity contribution in [3.8, 4) is 5.75 Å². The number of hydrogen-bond acceptors (Lipinski definition) is 16. The van der Waals surface area contributed by atoms with Crippen molar-refractivity contribution in [1.82, 2.24) is 52.4 Å². The molecular weight excluding hydrogens is 1200 g/mol. The maximum atomic E-state index is 14.5. The molecular formula is C61H85N15O16. The molecule has 0 spiro atoms. The second kappa shape index (κ2) is 37.6. The number of nitrogens with one attached hydrogen (secondary N) is 9. The van der Waals surface area contributed by atoms with E-state index in [0.29, 0.717) is 47.0 Å². The normalized spacial score (nSPS) is 14.8. The molecule has 0 saturated carbocycles. The van der Waals surface area contributed by atoms with Gasteiger partial charge >= 0.3 is 6.09 Å². The molecule has 20 N–H and O–H groups in total. The summed E-state index contributed by atoms with van der Waals surface area (Å²) in [5.74, 6) is -10.4. The van der Waals surface area contributed by atoms with Crippen molar-refractivity contribution in [3.63, 3.8) is 0 Å². The van der Waals surface area contributed by atoms with Crippen LogP contribution >= 0.6 is 0 Å². The van der Waals surface area contributed by atoms with Crippen molar-refractivity contribution in [2.45, 2.75) is 147 Å². The number of nitrogens with two attached hydrogens (primary N) is 4. The fourth-order valence-corrected chi connectivity index (χ4v) is 9.77. The molecule has 8 atom stereocenters. The Morgan fingerprint density at radius 2 is 1.22 bits per heavy atom. The number of carboxylic acids is 1. The lowest BCUT2D eigenvalue weighted by molar-refractivity contribution is -0.142. The number of aromatic hydroxyl groups is 1. The molecule has 0 unspecified atom stereocenters. The van der Waals surface area contributed by atoms with Gasteiger partial charge in [0.2, 0.25) is 59.1 Å². The smallest absolute Gasteiger partial charge is 0.408 e. The maximum Gasteiger partial charge on any atom is 0.408 e. The molecule has 31 heteroatoms. The third kappa shape index (κ3) is 25.3. The number of carbonyl (C=O) groups excluding carboxylic acids is 11. The highest BCUT2D eigenvalue weighted by Gasteiger charge is 2.40. The lowest BCUT2D eigenvalue weighted by Gasteiger charge is -2.30. The minimum atomic E-state index is -1.85. The molecule has 92 heavy (non-hydrogen) atoms. The number of aliphatic imine (C=N–C) groups is 1. The minimum Gasteiger partial charge on any atom is -0.508 e. The number of carbonyl (C=O) groups is 12.